The van der Waals surface area contributed by atoms with Gasteiger partial charge in [0.1, 0.15) is 11.8 Å². The van der Waals surface area contributed by atoms with Crippen molar-refractivity contribution in [1.29, 1.82) is 0 Å². The molecule has 1 aliphatic heterocycles. The van der Waals surface area contributed by atoms with Crippen molar-refractivity contribution in [3.8, 4) is 5.75 Å². The smallest absolute Gasteiger partial charge is 0.409 e. The standard InChI is InChI=1S/C14H14F3NO2/c1-20-12-4-2-10(3-5-12)9-18-7-6-11(19)8-13(18)14(15,16)17/h2-7,13H,8-9H2,1H3. The summed E-state index contributed by atoms with van der Waals surface area (Å²) >= 11 is 0. The van der Waals surface area contributed by atoms with E-state index in [-0.39, 0.29) is 6.54 Å². The molecular formula is C14H14F3NO2. The molecule has 0 spiro atoms. The minimum Gasteiger partial charge on any atom is -0.497 e. The van der Waals surface area contributed by atoms with Crippen LogP contribution in [0.2, 0.25) is 0 Å². The second-order valence-corrected chi connectivity index (χ2v) is 4.56. The van der Waals surface area contributed by atoms with Crippen molar-refractivity contribution in [3.63, 3.8) is 0 Å². The summed E-state index contributed by atoms with van der Waals surface area (Å²) < 4.78 is 43.8. The number of hydrogen-bond acceptors (Lipinski definition) is 3. The number of alkyl halides is 3. The average molecular weight is 285 g/mol. The molecule has 3 nitrogen and oxygen atoms in total. The summed E-state index contributed by atoms with van der Waals surface area (Å²) in [7, 11) is 1.52. The summed E-state index contributed by atoms with van der Waals surface area (Å²) in [6, 6.07) is 5.03. The number of ether oxygens (including phenoxy) is 1. The van der Waals surface area contributed by atoms with E-state index in [4.69, 9.17) is 4.74 Å². The van der Waals surface area contributed by atoms with Crippen molar-refractivity contribution >= 4 is 5.78 Å². The van der Waals surface area contributed by atoms with Gasteiger partial charge in [-0.1, -0.05) is 12.1 Å². The van der Waals surface area contributed by atoms with Crippen LogP contribution in [0.4, 0.5) is 13.2 Å². The highest BCUT2D eigenvalue weighted by Gasteiger charge is 2.44. The van der Waals surface area contributed by atoms with Gasteiger partial charge in [-0.25, -0.2) is 0 Å². The van der Waals surface area contributed by atoms with Crippen molar-refractivity contribution in [1.82, 2.24) is 4.90 Å². The van der Waals surface area contributed by atoms with E-state index in [0.29, 0.717) is 5.75 Å². The quantitative estimate of drug-likeness (QED) is 0.855. The maximum absolute atomic E-state index is 12.9. The molecule has 0 fully saturated rings. The minimum atomic E-state index is -4.42. The first kappa shape index (κ1) is 14.4. The average Bonchev–Trinajstić information content (AvgIpc) is 2.40. The number of methoxy groups -OCH3 is 1. The SMILES string of the molecule is COc1ccc(CN2C=CC(=O)CC2C(F)(F)F)cc1. The Morgan fingerprint density at radius 1 is 1.30 bits per heavy atom. The first-order chi connectivity index (χ1) is 9.40. The van der Waals surface area contributed by atoms with Crippen LogP contribution in [-0.2, 0) is 11.3 Å². The molecule has 0 amide bonds. The Morgan fingerprint density at radius 3 is 2.50 bits per heavy atom. The van der Waals surface area contributed by atoms with Gasteiger partial charge in [0.05, 0.1) is 7.11 Å². The number of halogens is 3. The monoisotopic (exact) mass is 285 g/mol. The zero-order valence-corrected chi connectivity index (χ0v) is 10.9. The minimum absolute atomic E-state index is 0.0952. The molecule has 1 aromatic carbocycles. The number of carbonyl (C=O) groups is 1. The van der Waals surface area contributed by atoms with Crippen molar-refractivity contribution in [2.45, 2.75) is 25.2 Å². The molecule has 108 valence electrons. The molecule has 0 N–H and O–H groups in total. The van der Waals surface area contributed by atoms with Gasteiger partial charge in [-0.2, -0.15) is 13.2 Å². The number of nitrogens with zero attached hydrogens (tertiary/aromatic N) is 1. The molecule has 2 rings (SSSR count). The van der Waals surface area contributed by atoms with Crippen molar-refractivity contribution in [2.24, 2.45) is 0 Å². The summed E-state index contributed by atoms with van der Waals surface area (Å²) in [5.74, 6) is 0.142. The van der Waals surface area contributed by atoms with E-state index in [2.05, 4.69) is 0 Å². The highest BCUT2D eigenvalue weighted by atomic mass is 19.4. The predicted octanol–water partition coefficient (Wildman–Crippen LogP) is 2.91. The van der Waals surface area contributed by atoms with Crippen molar-refractivity contribution < 1.29 is 22.7 Å². The molecule has 1 unspecified atom stereocenters. The second-order valence-electron chi connectivity index (χ2n) is 4.56. The van der Waals surface area contributed by atoms with E-state index < -0.39 is 24.4 Å². The third-order valence-corrected chi connectivity index (χ3v) is 3.15. The summed E-state index contributed by atoms with van der Waals surface area (Å²) in [6.07, 6.45) is -2.55. The molecular weight excluding hydrogens is 271 g/mol. The highest BCUT2D eigenvalue weighted by molar-refractivity contribution is 5.90. The second kappa shape index (κ2) is 5.56. The molecule has 0 aromatic heterocycles. The molecule has 1 heterocycles. The number of carbonyl (C=O) groups excluding carboxylic acids is 1. The van der Waals surface area contributed by atoms with Gasteiger partial charge in [-0.3, -0.25) is 4.79 Å². The van der Waals surface area contributed by atoms with Crippen LogP contribution in [0.15, 0.2) is 36.5 Å². The lowest BCUT2D eigenvalue weighted by Crippen LogP contribution is -2.45. The Morgan fingerprint density at radius 2 is 1.95 bits per heavy atom. The van der Waals surface area contributed by atoms with E-state index in [1.807, 2.05) is 0 Å². The topological polar surface area (TPSA) is 29.5 Å². The summed E-state index contributed by atoms with van der Waals surface area (Å²) in [5.41, 5.74) is 0.721. The first-order valence-corrected chi connectivity index (χ1v) is 6.06. The third kappa shape index (κ3) is 3.31. The van der Waals surface area contributed by atoms with Crippen LogP contribution in [0.1, 0.15) is 12.0 Å². The van der Waals surface area contributed by atoms with Gasteiger partial charge in [0.2, 0.25) is 0 Å². The molecule has 0 radical (unpaired) electrons. The van der Waals surface area contributed by atoms with Crippen LogP contribution in [0.25, 0.3) is 0 Å². The Labute approximate surface area is 114 Å². The van der Waals surface area contributed by atoms with Gasteiger partial charge in [-0.05, 0) is 23.8 Å². The summed E-state index contributed by atoms with van der Waals surface area (Å²) in [6.45, 7) is 0.0952. The van der Waals surface area contributed by atoms with Crippen LogP contribution in [-0.4, -0.2) is 30.0 Å². The third-order valence-electron chi connectivity index (χ3n) is 3.15. The molecule has 1 atom stereocenters. The fourth-order valence-electron chi connectivity index (χ4n) is 2.07. The van der Waals surface area contributed by atoms with Gasteiger partial charge >= 0.3 is 6.18 Å². The van der Waals surface area contributed by atoms with Crippen LogP contribution in [0.3, 0.4) is 0 Å². The van der Waals surface area contributed by atoms with Gasteiger partial charge in [-0.15, -0.1) is 0 Å². The highest BCUT2D eigenvalue weighted by Crippen LogP contribution is 2.31. The van der Waals surface area contributed by atoms with E-state index >= 15 is 0 Å². The van der Waals surface area contributed by atoms with Crippen LogP contribution >= 0.6 is 0 Å². The Hall–Kier alpha value is -1.98. The molecule has 0 saturated carbocycles. The molecule has 1 aromatic rings. The van der Waals surface area contributed by atoms with Gasteiger partial charge in [0, 0.05) is 19.2 Å². The Balaban J connectivity index is 2.16. The lowest BCUT2D eigenvalue weighted by atomic mass is 10.0. The van der Waals surface area contributed by atoms with E-state index in [1.54, 1.807) is 24.3 Å². The van der Waals surface area contributed by atoms with Crippen molar-refractivity contribution in [2.75, 3.05) is 7.11 Å². The van der Waals surface area contributed by atoms with E-state index in [9.17, 15) is 18.0 Å². The summed E-state index contributed by atoms with van der Waals surface area (Å²) in [5, 5.41) is 0. The maximum Gasteiger partial charge on any atom is 0.409 e. The molecule has 0 bridgehead atoms. The Kier molecular flexibility index (Phi) is 4.01. The molecule has 0 saturated heterocycles. The lowest BCUT2D eigenvalue weighted by molar-refractivity contribution is -0.182. The summed E-state index contributed by atoms with van der Waals surface area (Å²) in [4.78, 5) is 12.3. The van der Waals surface area contributed by atoms with Crippen LogP contribution in [0.5, 0.6) is 5.75 Å². The van der Waals surface area contributed by atoms with E-state index in [0.717, 1.165) is 10.5 Å². The molecule has 1 aliphatic rings. The van der Waals surface area contributed by atoms with Gasteiger partial charge in [0.25, 0.3) is 0 Å². The molecule has 6 heteroatoms. The van der Waals surface area contributed by atoms with Crippen LogP contribution in [0, 0.1) is 0 Å². The largest absolute Gasteiger partial charge is 0.497 e. The number of hydrogen-bond donors (Lipinski definition) is 0. The maximum atomic E-state index is 12.9. The number of benzene rings is 1. The van der Waals surface area contributed by atoms with Gasteiger partial charge in [0.15, 0.2) is 5.78 Å². The Bertz CT molecular complexity index is 508. The van der Waals surface area contributed by atoms with Gasteiger partial charge < -0.3 is 9.64 Å². The van der Waals surface area contributed by atoms with E-state index in [1.165, 1.54) is 19.4 Å². The zero-order valence-electron chi connectivity index (χ0n) is 10.9. The fourth-order valence-corrected chi connectivity index (χ4v) is 2.07. The fraction of sp³-hybridized carbons (Fsp3) is 0.357. The lowest BCUT2D eigenvalue weighted by Gasteiger charge is -2.34. The molecule has 0 aliphatic carbocycles. The first-order valence-electron chi connectivity index (χ1n) is 6.06. The number of rotatable bonds is 3. The molecule has 20 heavy (non-hydrogen) atoms. The normalized spacial score (nSPS) is 19.3. The zero-order chi connectivity index (χ0) is 14.8. The van der Waals surface area contributed by atoms with Crippen molar-refractivity contribution in [3.05, 3.63) is 42.1 Å². The predicted molar refractivity (Wildman–Crippen MR) is 67.1 cm³/mol. The van der Waals surface area contributed by atoms with Crippen LogP contribution < -0.4 is 4.74 Å². The number of allylic oxidation sites excluding steroid dienone is 1. The number of ketones is 1.